The van der Waals surface area contributed by atoms with Gasteiger partial charge in [0, 0.05) is 6.04 Å². The molecule has 2 aromatic carbocycles. The van der Waals surface area contributed by atoms with Crippen LogP contribution in [0.15, 0.2) is 42.5 Å². The van der Waals surface area contributed by atoms with Gasteiger partial charge in [-0.25, -0.2) is 14.8 Å². The third kappa shape index (κ3) is 5.02. The molecule has 2 aromatic heterocycles. The zero-order chi connectivity index (χ0) is 24.4. The number of hydrogen-bond acceptors (Lipinski definition) is 7. The SMILES string of the molecule is CCOC(=O)c1sc2nc(CN3CCCCC3)nc(NC(C)c3ccc4ccccc4c3)c2c1C. The Hall–Kier alpha value is -3.03. The molecule has 1 atom stereocenters. The molecule has 0 radical (unpaired) electrons. The van der Waals surface area contributed by atoms with Gasteiger partial charge in [-0.15, -0.1) is 11.3 Å². The Balaban J connectivity index is 1.52. The molecule has 7 heteroatoms. The van der Waals surface area contributed by atoms with Crippen LogP contribution in [0, 0.1) is 6.92 Å². The molecule has 0 bridgehead atoms. The molecule has 0 aliphatic carbocycles. The van der Waals surface area contributed by atoms with Crippen molar-refractivity contribution in [3.8, 4) is 0 Å². The van der Waals surface area contributed by atoms with E-state index in [2.05, 4.69) is 59.6 Å². The maximum Gasteiger partial charge on any atom is 0.348 e. The van der Waals surface area contributed by atoms with Gasteiger partial charge in [-0.1, -0.05) is 42.8 Å². The zero-order valence-corrected chi connectivity index (χ0v) is 21.5. The van der Waals surface area contributed by atoms with E-state index in [1.807, 2.05) is 13.8 Å². The fourth-order valence-electron chi connectivity index (χ4n) is 4.83. The number of carbonyl (C=O) groups excluding carboxylic acids is 1. The van der Waals surface area contributed by atoms with Crippen molar-refractivity contribution < 1.29 is 9.53 Å². The lowest BCUT2D eigenvalue weighted by molar-refractivity contribution is 0.0531. The standard InChI is InChI=1S/C28H32N4O2S/c1-4-34-28(33)25-18(2)24-26(29-19(3)21-13-12-20-10-6-7-11-22(20)16-21)30-23(31-27(24)35-25)17-32-14-8-5-9-15-32/h6-7,10-13,16,19H,4-5,8-9,14-15,17H2,1-3H3,(H,29,30,31). The number of anilines is 1. The zero-order valence-electron chi connectivity index (χ0n) is 20.6. The first-order chi connectivity index (χ1) is 17.0. The number of likely N-dealkylation sites (tertiary alicyclic amines) is 1. The molecule has 4 aromatic rings. The van der Waals surface area contributed by atoms with Crippen molar-refractivity contribution in [2.75, 3.05) is 25.0 Å². The summed E-state index contributed by atoms with van der Waals surface area (Å²) in [6.45, 7) is 9.17. The van der Waals surface area contributed by atoms with Crippen molar-refractivity contribution in [1.29, 1.82) is 0 Å². The number of nitrogens with one attached hydrogen (secondary N) is 1. The van der Waals surface area contributed by atoms with Crippen LogP contribution >= 0.6 is 11.3 Å². The number of esters is 1. The second kappa shape index (κ2) is 10.3. The van der Waals surface area contributed by atoms with Gasteiger partial charge >= 0.3 is 5.97 Å². The number of aryl methyl sites for hydroxylation is 1. The van der Waals surface area contributed by atoms with E-state index in [1.54, 1.807) is 0 Å². The van der Waals surface area contributed by atoms with Crippen LogP contribution in [0.3, 0.4) is 0 Å². The third-order valence-electron chi connectivity index (χ3n) is 6.74. The second-order valence-electron chi connectivity index (χ2n) is 9.25. The van der Waals surface area contributed by atoms with Gasteiger partial charge < -0.3 is 10.1 Å². The average Bonchev–Trinajstić information content (AvgIpc) is 3.21. The van der Waals surface area contributed by atoms with Crippen LogP contribution in [0.1, 0.15) is 65.8 Å². The molecular formula is C28H32N4O2S. The van der Waals surface area contributed by atoms with Gasteiger partial charge in [0.15, 0.2) is 0 Å². The summed E-state index contributed by atoms with van der Waals surface area (Å²) in [6, 6.07) is 15.0. The molecule has 0 saturated carbocycles. The topological polar surface area (TPSA) is 67.3 Å². The molecule has 1 aliphatic heterocycles. The number of aromatic nitrogens is 2. The Morgan fingerprint density at radius 2 is 1.89 bits per heavy atom. The van der Waals surface area contributed by atoms with E-state index in [9.17, 15) is 4.79 Å². The molecule has 182 valence electrons. The van der Waals surface area contributed by atoms with Crippen LogP contribution in [0.2, 0.25) is 0 Å². The summed E-state index contributed by atoms with van der Waals surface area (Å²) < 4.78 is 5.32. The summed E-state index contributed by atoms with van der Waals surface area (Å²) in [5.41, 5.74) is 2.06. The second-order valence-corrected chi connectivity index (χ2v) is 10.3. The van der Waals surface area contributed by atoms with E-state index in [0.717, 1.165) is 47.1 Å². The summed E-state index contributed by atoms with van der Waals surface area (Å²) in [6.07, 6.45) is 3.73. The highest BCUT2D eigenvalue weighted by Crippen LogP contribution is 2.36. The largest absolute Gasteiger partial charge is 0.462 e. The molecule has 1 aliphatic rings. The lowest BCUT2D eigenvalue weighted by Crippen LogP contribution is -2.30. The number of piperidine rings is 1. The molecule has 35 heavy (non-hydrogen) atoms. The first-order valence-electron chi connectivity index (χ1n) is 12.5. The van der Waals surface area contributed by atoms with Crippen LogP contribution in [0.4, 0.5) is 5.82 Å². The number of rotatable bonds is 7. The van der Waals surface area contributed by atoms with Crippen LogP contribution in [0.25, 0.3) is 21.0 Å². The molecule has 1 N–H and O–H groups in total. The summed E-state index contributed by atoms with van der Waals surface area (Å²) in [5, 5.41) is 7.01. The van der Waals surface area contributed by atoms with Gasteiger partial charge in [0.25, 0.3) is 0 Å². The Morgan fingerprint density at radius 1 is 1.11 bits per heavy atom. The lowest BCUT2D eigenvalue weighted by Gasteiger charge is -2.26. The van der Waals surface area contributed by atoms with Gasteiger partial charge in [-0.2, -0.15) is 0 Å². The minimum atomic E-state index is -0.292. The van der Waals surface area contributed by atoms with Gasteiger partial charge in [0.1, 0.15) is 21.3 Å². The number of nitrogens with zero attached hydrogens (tertiary/aromatic N) is 3. The van der Waals surface area contributed by atoms with Gasteiger partial charge in [0.2, 0.25) is 0 Å². The minimum Gasteiger partial charge on any atom is -0.462 e. The lowest BCUT2D eigenvalue weighted by atomic mass is 10.0. The van der Waals surface area contributed by atoms with Gasteiger partial charge in [-0.3, -0.25) is 4.90 Å². The molecule has 0 spiro atoms. The number of benzene rings is 2. The van der Waals surface area contributed by atoms with Crippen molar-refractivity contribution in [3.05, 3.63) is 64.3 Å². The van der Waals surface area contributed by atoms with Crippen LogP contribution in [-0.2, 0) is 11.3 Å². The molecule has 6 nitrogen and oxygen atoms in total. The van der Waals surface area contributed by atoms with E-state index in [-0.39, 0.29) is 12.0 Å². The fourth-order valence-corrected chi connectivity index (χ4v) is 5.93. The monoisotopic (exact) mass is 488 g/mol. The van der Waals surface area contributed by atoms with Crippen molar-refractivity contribution in [1.82, 2.24) is 14.9 Å². The Morgan fingerprint density at radius 3 is 2.66 bits per heavy atom. The third-order valence-corrected chi connectivity index (χ3v) is 7.90. The highest BCUT2D eigenvalue weighted by Gasteiger charge is 2.23. The highest BCUT2D eigenvalue weighted by molar-refractivity contribution is 7.20. The van der Waals surface area contributed by atoms with Crippen LogP contribution < -0.4 is 5.32 Å². The number of thiophene rings is 1. The predicted octanol–water partition coefficient (Wildman–Crippen LogP) is 6.49. The molecule has 0 amide bonds. The van der Waals surface area contributed by atoms with E-state index >= 15 is 0 Å². The normalized spacial score (nSPS) is 15.4. The minimum absolute atomic E-state index is 0.0332. The number of carbonyl (C=O) groups is 1. The van der Waals surface area contributed by atoms with E-state index in [4.69, 9.17) is 14.7 Å². The summed E-state index contributed by atoms with van der Waals surface area (Å²) in [4.78, 5) is 26.4. The molecule has 1 saturated heterocycles. The Bertz CT molecular complexity index is 1360. The maximum absolute atomic E-state index is 12.6. The van der Waals surface area contributed by atoms with Crippen molar-refractivity contribution in [2.45, 2.75) is 52.6 Å². The molecule has 5 rings (SSSR count). The first-order valence-corrected chi connectivity index (χ1v) is 13.3. The number of hydrogen-bond donors (Lipinski definition) is 1. The maximum atomic E-state index is 12.6. The average molecular weight is 489 g/mol. The van der Waals surface area contributed by atoms with Crippen LogP contribution in [0.5, 0.6) is 0 Å². The van der Waals surface area contributed by atoms with Gasteiger partial charge in [0.05, 0.1) is 18.5 Å². The Kier molecular flexibility index (Phi) is 6.97. The van der Waals surface area contributed by atoms with Crippen molar-refractivity contribution in [3.63, 3.8) is 0 Å². The van der Waals surface area contributed by atoms with Crippen molar-refractivity contribution >= 4 is 44.1 Å². The summed E-state index contributed by atoms with van der Waals surface area (Å²) in [5.74, 6) is 1.29. The molecular weight excluding hydrogens is 456 g/mol. The molecule has 3 heterocycles. The quantitative estimate of drug-likeness (QED) is 0.300. The van der Waals surface area contributed by atoms with E-state index in [0.29, 0.717) is 11.5 Å². The molecule has 1 fully saturated rings. The predicted molar refractivity (Wildman–Crippen MR) is 143 cm³/mol. The molecule has 1 unspecified atom stereocenters. The summed E-state index contributed by atoms with van der Waals surface area (Å²) in [7, 11) is 0. The fraction of sp³-hybridized carbons (Fsp3) is 0.393. The highest BCUT2D eigenvalue weighted by atomic mass is 32.1. The van der Waals surface area contributed by atoms with Crippen LogP contribution in [-0.4, -0.2) is 40.5 Å². The first kappa shape index (κ1) is 23.7. The van der Waals surface area contributed by atoms with E-state index in [1.165, 1.54) is 46.9 Å². The smallest absolute Gasteiger partial charge is 0.348 e. The van der Waals surface area contributed by atoms with E-state index < -0.39 is 0 Å². The van der Waals surface area contributed by atoms with Crippen molar-refractivity contribution in [2.24, 2.45) is 0 Å². The summed E-state index contributed by atoms with van der Waals surface area (Å²) >= 11 is 1.40. The Labute approximate surface area is 210 Å². The number of fused-ring (bicyclic) bond motifs is 2. The number of ether oxygens (including phenoxy) is 1. The van der Waals surface area contributed by atoms with Gasteiger partial charge in [-0.05, 0) is 74.7 Å².